The van der Waals surface area contributed by atoms with E-state index in [9.17, 15) is 4.79 Å². The lowest BCUT2D eigenvalue weighted by Gasteiger charge is -2.33. The van der Waals surface area contributed by atoms with Gasteiger partial charge in [0.2, 0.25) is 11.9 Å². The minimum atomic E-state index is -0.154. The van der Waals surface area contributed by atoms with Crippen LogP contribution in [0.1, 0.15) is 18.9 Å². The summed E-state index contributed by atoms with van der Waals surface area (Å²) in [5, 5.41) is 5.92. The average molecular weight is 431 g/mol. The van der Waals surface area contributed by atoms with Gasteiger partial charge in [-0.3, -0.25) is 9.69 Å². The van der Waals surface area contributed by atoms with Gasteiger partial charge >= 0.3 is 0 Å². The van der Waals surface area contributed by atoms with Crippen LogP contribution in [0.2, 0.25) is 0 Å². The number of piperazine rings is 1. The van der Waals surface area contributed by atoms with Crippen LogP contribution in [0.3, 0.4) is 0 Å². The second-order valence-electron chi connectivity index (χ2n) is 8.50. The van der Waals surface area contributed by atoms with Crippen LogP contribution in [0.25, 0.3) is 11.3 Å². The minimum absolute atomic E-state index is 0.154. The van der Waals surface area contributed by atoms with Crippen LogP contribution in [0, 0.1) is 6.92 Å². The number of anilines is 4. The molecule has 1 amide bonds. The van der Waals surface area contributed by atoms with Gasteiger partial charge in [0.25, 0.3) is 0 Å². The van der Waals surface area contributed by atoms with Crippen molar-refractivity contribution in [1.82, 2.24) is 24.8 Å². The zero-order chi connectivity index (χ0) is 22.2. The Bertz CT molecular complexity index is 1150. The molecule has 3 aromatic rings. The number of carbonyl (C=O) groups excluding carboxylic acids is 1. The fraction of sp³-hybridized carbons (Fsp3) is 0.348. The quantitative estimate of drug-likeness (QED) is 0.638. The van der Waals surface area contributed by atoms with Gasteiger partial charge in [-0.05, 0) is 50.2 Å². The third-order valence-electron chi connectivity index (χ3n) is 6.11. The number of aryl methyl sites for hydroxylation is 1. The molecule has 9 nitrogen and oxygen atoms in total. The maximum absolute atomic E-state index is 11.2. The van der Waals surface area contributed by atoms with Gasteiger partial charge in [-0.15, -0.1) is 0 Å². The van der Waals surface area contributed by atoms with Crippen LogP contribution in [-0.4, -0.2) is 63.0 Å². The van der Waals surface area contributed by atoms with Crippen molar-refractivity contribution in [3.05, 3.63) is 48.4 Å². The van der Waals surface area contributed by atoms with Crippen LogP contribution < -0.4 is 15.5 Å². The van der Waals surface area contributed by atoms with E-state index in [4.69, 9.17) is 4.98 Å². The van der Waals surface area contributed by atoms with E-state index in [1.165, 1.54) is 13.3 Å². The molecule has 2 aliphatic rings. The van der Waals surface area contributed by atoms with Gasteiger partial charge in [0.05, 0.1) is 17.6 Å². The molecular formula is C23H26N8O. The number of hydrogen-bond acceptors (Lipinski definition) is 8. The number of carbonyl (C=O) groups is 1. The molecule has 3 aromatic heterocycles. The van der Waals surface area contributed by atoms with Crippen LogP contribution in [-0.2, 0) is 4.79 Å². The number of likely N-dealkylation sites (tertiary alicyclic amines) is 1. The van der Waals surface area contributed by atoms with Crippen molar-refractivity contribution in [1.29, 1.82) is 0 Å². The monoisotopic (exact) mass is 430 g/mol. The Balaban J connectivity index is 1.30. The van der Waals surface area contributed by atoms with E-state index in [0.29, 0.717) is 23.8 Å². The molecule has 0 aliphatic carbocycles. The Hall–Kier alpha value is -3.59. The van der Waals surface area contributed by atoms with Gasteiger partial charge in [-0.2, -0.15) is 0 Å². The topological polar surface area (TPSA) is 99.2 Å². The van der Waals surface area contributed by atoms with Gasteiger partial charge in [0.15, 0.2) is 0 Å². The fourth-order valence-corrected chi connectivity index (χ4v) is 4.57. The second kappa shape index (κ2) is 8.16. The number of fused-ring (bicyclic) bond motifs is 2. The lowest BCUT2D eigenvalue weighted by atomic mass is 10.2. The molecule has 2 aliphatic heterocycles. The molecule has 2 fully saturated rings. The van der Waals surface area contributed by atoms with Crippen molar-refractivity contribution >= 4 is 29.2 Å². The van der Waals surface area contributed by atoms with Crippen LogP contribution in [0.15, 0.2) is 42.9 Å². The first-order chi connectivity index (χ1) is 15.5. The summed E-state index contributed by atoms with van der Waals surface area (Å²) in [7, 11) is 2.21. The van der Waals surface area contributed by atoms with Crippen LogP contribution in [0.5, 0.6) is 0 Å². The zero-order valence-corrected chi connectivity index (χ0v) is 18.4. The largest absolute Gasteiger partial charge is 0.350 e. The van der Waals surface area contributed by atoms with Gasteiger partial charge < -0.3 is 15.5 Å². The summed E-state index contributed by atoms with van der Waals surface area (Å²) < 4.78 is 0. The lowest BCUT2D eigenvalue weighted by Crippen LogP contribution is -2.45. The Morgan fingerprint density at radius 1 is 1.09 bits per heavy atom. The van der Waals surface area contributed by atoms with Crippen molar-refractivity contribution < 1.29 is 4.79 Å². The number of likely N-dealkylation sites (N-methyl/N-ethyl adjacent to an activating group) is 1. The summed E-state index contributed by atoms with van der Waals surface area (Å²) in [6, 6.07) is 8.73. The highest BCUT2D eigenvalue weighted by atomic mass is 16.1. The Kier molecular flexibility index (Phi) is 5.18. The van der Waals surface area contributed by atoms with E-state index in [0.717, 1.165) is 41.4 Å². The summed E-state index contributed by atoms with van der Waals surface area (Å²) in [4.78, 5) is 34.0. The molecule has 0 spiro atoms. The lowest BCUT2D eigenvalue weighted by molar-refractivity contribution is -0.114. The highest BCUT2D eigenvalue weighted by molar-refractivity contribution is 5.87. The predicted molar refractivity (Wildman–Crippen MR) is 124 cm³/mol. The molecule has 5 rings (SSSR count). The molecule has 5 heterocycles. The molecule has 0 radical (unpaired) electrons. The fourth-order valence-electron chi connectivity index (χ4n) is 4.57. The van der Waals surface area contributed by atoms with Gasteiger partial charge in [0.1, 0.15) is 11.6 Å². The van der Waals surface area contributed by atoms with E-state index in [1.54, 1.807) is 18.5 Å². The third kappa shape index (κ3) is 3.99. The minimum Gasteiger partial charge on any atom is -0.350 e. The third-order valence-corrected chi connectivity index (χ3v) is 6.11. The van der Waals surface area contributed by atoms with Gasteiger partial charge in [-0.25, -0.2) is 19.9 Å². The molecule has 164 valence electrons. The number of aromatic nitrogens is 4. The van der Waals surface area contributed by atoms with Crippen molar-refractivity contribution in [3.63, 3.8) is 0 Å². The first kappa shape index (κ1) is 20.3. The summed E-state index contributed by atoms with van der Waals surface area (Å²) in [5.41, 5.74) is 3.56. The zero-order valence-electron chi connectivity index (χ0n) is 18.4. The molecule has 9 heteroatoms. The number of nitrogens with one attached hydrogen (secondary N) is 2. The van der Waals surface area contributed by atoms with E-state index >= 15 is 0 Å². The first-order valence-electron chi connectivity index (χ1n) is 10.7. The van der Waals surface area contributed by atoms with Crippen molar-refractivity contribution in [2.45, 2.75) is 32.4 Å². The molecular weight excluding hydrogens is 404 g/mol. The van der Waals surface area contributed by atoms with Crippen LogP contribution >= 0.6 is 0 Å². The Labute approximate surface area is 186 Å². The molecule has 2 saturated heterocycles. The molecule has 32 heavy (non-hydrogen) atoms. The summed E-state index contributed by atoms with van der Waals surface area (Å²) in [6.07, 6.45) is 6.45. The average Bonchev–Trinajstić information content (AvgIpc) is 3.34. The number of hydrogen-bond donors (Lipinski definition) is 2. The highest BCUT2D eigenvalue weighted by Crippen LogP contribution is 2.34. The smallest absolute Gasteiger partial charge is 0.227 e. The number of amides is 1. The normalized spacial score (nSPS) is 19.9. The van der Waals surface area contributed by atoms with Crippen molar-refractivity contribution in [3.8, 4) is 11.3 Å². The number of nitrogens with zero attached hydrogens (tertiary/aromatic N) is 6. The standard InChI is InChI=1S/C23H26N8O/c1-14-8-17(11-26-22(14)31-13-18-9-19(31)12-30(18)3)28-23-24-7-6-20(29-23)16-4-5-21(25-10-16)27-15(2)32/h4-8,10-11,18-19H,9,12-13H2,1-3H3,(H,24,28,29)(H,25,27,32). The number of pyridine rings is 2. The summed E-state index contributed by atoms with van der Waals surface area (Å²) >= 11 is 0. The highest BCUT2D eigenvalue weighted by Gasteiger charge is 2.42. The molecule has 0 saturated carbocycles. The SMILES string of the molecule is CC(=O)Nc1ccc(-c2ccnc(Nc3cnc(N4CC5CC4CN5C)c(C)c3)n2)cn1. The molecule has 2 unspecified atom stereocenters. The van der Waals surface area contributed by atoms with Crippen LogP contribution in [0.4, 0.5) is 23.3 Å². The maximum Gasteiger partial charge on any atom is 0.227 e. The van der Waals surface area contributed by atoms with Crippen molar-refractivity contribution in [2.24, 2.45) is 0 Å². The predicted octanol–water partition coefficient (Wildman–Crippen LogP) is 2.84. The first-order valence-corrected chi connectivity index (χ1v) is 10.7. The van der Waals surface area contributed by atoms with Crippen molar-refractivity contribution in [2.75, 3.05) is 35.7 Å². The molecule has 2 bridgehead atoms. The van der Waals surface area contributed by atoms with E-state index in [-0.39, 0.29) is 5.91 Å². The Morgan fingerprint density at radius 3 is 2.62 bits per heavy atom. The number of rotatable bonds is 5. The second-order valence-corrected chi connectivity index (χ2v) is 8.50. The van der Waals surface area contributed by atoms with E-state index in [1.807, 2.05) is 18.3 Å². The molecule has 2 N–H and O–H groups in total. The van der Waals surface area contributed by atoms with Gasteiger partial charge in [0, 0.05) is 50.1 Å². The van der Waals surface area contributed by atoms with E-state index < -0.39 is 0 Å². The summed E-state index contributed by atoms with van der Waals surface area (Å²) in [5.74, 6) is 1.91. The van der Waals surface area contributed by atoms with Gasteiger partial charge in [-0.1, -0.05) is 0 Å². The maximum atomic E-state index is 11.2. The Morgan fingerprint density at radius 2 is 1.97 bits per heavy atom. The summed E-state index contributed by atoms with van der Waals surface area (Å²) in [6.45, 7) is 5.70. The van der Waals surface area contributed by atoms with E-state index in [2.05, 4.69) is 55.4 Å². The molecule has 0 aromatic carbocycles. The molecule has 2 atom stereocenters.